The number of anilines is 1. The van der Waals surface area contributed by atoms with Crippen molar-refractivity contribution in [1.82, 2.24) is 4.98 Å². The number of pyridine rings is 1. The molecule has 0 aliphatic carbocycles. The lowest BCUT2D eigenvalue weighted by atomic mass is 10.00. The summed E-state index contributed by atoms with van der Waals surface area (Å²) in [6, 6.07) is 11.6. The molecule has 0 saturated heterocycles. The van der Waals surface area contributed by atoms with Gasteiger partial charge in [-0.2, -0.15) is 13.2 Å². The molecule has 1 aromatic carbocycles. The molecule has 7 heteroatoms. The molecule has 1 unspecified atom stereocenters. The molecule has 0 fully saturated rings. The first-order valence-electron chi connectivity index (χ1n) is 6.54. The summed E-state index contributed by atoms with van der Waals surface area (Å²) in [4.78, 5) is 8.09. The van der Waals surface area contributed by atoms with Gasteiger partial charge in [-0.25, -0.2) is 9.98 Å². The maximum absolute atomic E-state index is 13.3. The third-order valence-electron chi connectivity index (χ3n) is 3.37. The minimum absolute atomic E-state index is 0.103. The van der Waals surface area contributed by atoms with Crippen LogP contribution in [0.2, 0.25) is 0 Å². The summed E-state index contributed by atoms with van der Waals surface area (Å²) in [5.74, 6) is -0.103. The van der Waals surface area contributed by atoms with Crippen LogP contribution in [0.3, 0.4) is 0 Å². The van der Waals surface area contributed by atoms with E-state index in [9.17, 15) is 18.3 Å². The smallest absolute Gasteiger partial charge is 0.363 e. The Labute approximate surface area is 124 Å². The third kappa shape index (κ3) is 2.55. The SMILES string of the molecule is OC1(C(F)(F)F)CC(c2ccccc2)=Nc2cccnc2N1. The highest BCUT2D eigenvalue weighted by molar-refractivity contribution is 6.04. The molecule has 1 aromatic heterocycles. The summed E-state index contributed by atoms with van der Waals surface area (Å²) in [6.45, 7) is 0. The van der Waals surface area contributed by atoms with Crippen LogP contribution in [0.15, 0.2) is 53.7 Å². The Morgan fingerprint density at radius 1 is 1.09 bits per heavy atom. The summed E-state index contributed by atoms with van der Waals surface area (Å²) >= 11 is 0. The number of halogens is 3. The van der Waals surface area contributed by atoms with Crippen molar-refractivity contribution in [2.45, 2.75) is 18.3 Å². The molecule has 0 bridgehead atoms. The molecular weight excluding hydrogens is 295 g/mol. The van der Waals surface area contributed by atoms with Crippen molar-refractivity contribution in [1.29, 1.82) is 0 Å². The fourth-order valence-electron chi connectivity index (χ4n) is 2.22. The van der Waals surface area contributed by atoms with E-state index in [1.807, 2.05) is 0 Å². The molecule has 0 radical (unpaired) electrons. The standard InChI is InChI=1S/C15H12F3N3O/c16-15(17,18)14(22)9-12(10-5-2-1-3-6-10)20-11-7-4-8-19-13(11)21-14/h1-8,22H,9H2,(H,19,21). The molecule has 0 saturated carbocycles. The minimum Gasteiger partial charge on any atom is -0.363 e. The molecule has 0 spiro atoms. The van der Waals surface area contributed by atoms with Gasteiger partial charge < -0.3 is 10.4 Å². The third-order valence-corrected chi connectivity index (χ3v) is 3.37. The minimum atomic E-state index is -4.87. The second kappa shape index (κ2) is 5.10. The first-order valence-corrected chi connectivity index (χ1v) is 6.54. The van der Waals surface area contributed by atoms with E-state index in [1.54, 1.807) is 42.5 Å². The van der Waals surface area contributed by atoms with E-state index in [4.69, 9.17) is 0 Å². The van der Waals surface area contributed by atoms with Gasteiger partial charge in [0.05, 0.1) is 5.71 Å². The second-order valence-corrected chi connectivity index (χ2v) is 4.96. The molecule has 2 aromatic rings. The topological polar surface area (TPSA) is 57.5 Å². The van der Waals surface area contributed by atoms with Gasteiger partial charge in [0.25, 0.3) is 0 Å². The molecule has 3 rings (SSSR count). The Morgan fingerprint density at radius 3 is 2.50 bits per heavy atom. The summed E-state index contributed by atoms with van der Waals surface area (Å²) in [5, 5.41) is 12.2. The maximum atomic E-state index is 13.3. The van der Waals surface area contributed by atoms with Crippen LogP contribution < -0.4 is 5.32 Å². The van der Waals surface area contributed by atoms with Crippen molar-refractivity contribution in [3.8, 4) is 0 Å². The Balaban J connectivity index is 2.15. The van der Waals surface area contributed by atoms with E-state index < -0.39 is 18.3 Å². The lowest BCUT2D eigenvalue weighted by Crippen LogP contribution is -2.53. The van der Waals surface area contributed by atoms with Gasteiger partial charge in [-0.3, -0.25) is 0 Å². The first kappa shape index (κ1) is 14.5. The van der Waals surface area contributed by atoms with Crippen molar-refractivity contribution in [2.24, 2.45) is 4.99 Å². The molecule has 22 heavy (non-hydrogen) atoms. The van der Waals surface area contributed by atoms with Crippen molar-refractivity contribution in [3.63, 3.8) is 0 Å². The van der Waals surface area contributed by atoms with Crippen molar-refractivity contribution < 1.29 is 18.3 Å². The quantitative estimate of drug-likeness (QED) is 0.850. The molecule has 2 heterocycles. The largest absolute Gasteiger partial charge is 0.436 e. The second-order valence-electron chi connectivity index (χ2n) is 4.96. The normalized spacial score (nSPS) is 21.4. The van der Waals surface area contributed by atoms with E-state index in [1.165, 1.54) is 6.20 Å². The number of aliphatic hydroxyl groups is 1. The molecule has 2 N–H and O–H groups in total. The van der Waals surface area contributed by atoms with Crippen LogP contribution >= 0.6 is 0 Å². The van der Waals surface area contributed by atoms with Crippen LogP contribution in [0.1, 0.15) is 12.0 Å². The van der Waals surface area contributed by atoms with Gasteiger partial charge in [0.1, 0.15) is 5.69 Å². The summed E-state index contributed by atoms with van der Waals surface area (Å²) < 4.78 is 39.9. The number of aromatic nitrogens is 1. The highest BCUT2D eigenvalue weighted by Crippen LogP contribution is 2.39. The predicted molar refractivity (Wildman–Crippen MR) is 76.1 cm³/mol. The number of hydrogen-bond acceptors (Lipinski definition) is 4. The zero-order valence-electron chi connectivity index (χ0n) is 11.3. The molecule has 1 aliphatic heterocycles. The number of alkyl halides is 3. The fraction of sp³-hybridized carbons (Fsp3) is 0.200. The molecule has 114 valence electrons. The maximum Gasteiger partial charge on any atom is 0.436 e. The fourth-order valence-corrected chi connectivity index (χ4v) is 2.22. The molecule has 1 atom stereocenters. The van der Waals surface area contributed by atoms with E-state index in [0.717, 1.165) is 0 Å². The highest BCUT2D eigenvalue weighted by atomic mass is 19.4. The number of hydrogen-bond donors (Lipinski definition) is 2. The molecule has 0 amide bonds. The number of aliphatic imine (C=N–C) groups is 1. The van der Waals surface area contributed by atoms with Gasteiger partial charge in [0.2, 0.25) is 5.72 Å². The Kier molecular flexibility index (Phi) is 3.37. The van der Waals surface area contributed by atoms with Crippen LogP contribution in [0.5, 0.6) is 0 Å². The van der Waals surface area contributed by atoms with Gasteiger partial charge >= 0.3 is 6.18 Å². The zero-order valence-corrected chi connectivity index (χ0v) is 11.3. The van der Waals surface area contributed by atoms with Gasteiger partial charge in [-0.15, -0.1) is 0 Å². The Hall–Kier alpha value is -2.41. The Morgan fingerprint density at radius 2 is 1.82 bits per heavy atom. The van der Waals surface area contributed by atoms with Crippen LogP contribution in [-0.4, -0.2) is 27.7 Å². The monoisotopic (exact) mass is 307 g/mol. The highest BCUT2D eigenvalue weighted by Gasteiger charge is 2.55. The molecule has 4 nitrogen and oxygen atoms in total. The van der Waals surface area contributed by atoms with Gasteiger partial charge in [-0.1, -0.05) is 30.3 Å². The average Bonchev–Trinajstić information content (AvgIpc) is 2.64. The number of rotatable bonds is 1. The number of benzene rings is 1. The lowest BCUT2D eigenvalue weighted by Gasteiger charge is -2.30. The number of nitrogens with zero attached hydrogens (tertiary/aromatic N) is 2. The van der Waals surface area contributed by atoms with Gasteiger partial charge in [-0.05, 0) is 17.7 Å². The van der Waals surface area contributed by atoms with Crippen molar-refractivity contribution in [3.05, 3.63) is 54.2 Å². The van der Waals surface area contributed by atoms with Gasteiger partial charge in [0, 0.05) is 12.6 Å². The van der Waals surface area contributed by atoms with Crippen LogP contribution in [0.4, 0.5) is 24.7 Å². The van der Waals surface area contributed by atoms with Crippen molar-refractivity contribution in [2.75, 3.05) is 5.32 Å². The summed E-state index contributed by atoms with van der Waals surface area (Å²) in [6.07, 6.45) is -4.25. The van der Waals surface area contributed by atoms with Crippen LogP contribution in [0, 0.1) is 0 Å². The number of fused-ring (bicyclic) bond motifs is 1. The van der Waals surface area contributed by atoms with E-state index in [2.05, 4.69) is 15.3 Å². The Bertz CT molecular complexity index is 715. The van der Waals surface area contributed by atoms with E-state index >= 15 is 0 Å². The van der Waals surface area contributed by atoms with Crippen LogP contribution in [0.25, 0.3) is 0 Å². The predicted octanol–water partition coefficient (Wildman–Crippen LogP) is 3.27. The van der Waals surface area contributed by atoms with Gasteiger partial charge in [0.15, 0.2) is 5.82 Å². The summed E-state index contributed by atoms with van der Waals surface area (Å²) in [7, 11) is 0. The lowest BCUT2D eigenvalue weighted by molar-refractivity contribution is -0.245. The van der Waals surface area contributed by atoms with E-state index in [0.29, 0.717) is 5.56 Å². The van der Waals surface area contributed by atoms with E-state index in [-0.39, 0.29) is 17.2 Å². The average molecular weight is 307 g/mol. The number of nitrogens with one attached hydrogen (secondary N) is 1. The molecular formula is C15H12F3N3O. The first-order chi connectivity index (χ1) is 10.4. The van der Waals surface area contributed by atoms with Crippen LogP contribution in [-0.2, 0) is 0 Å². The molecule has 1 aliphatic rings. The zero-order chi connectivity index (χ0) is 15.8. The summed E-state index contributed by atoms with van der Waals surface area (Å²) in [5.41, 5.74) is -2.22. The van der Waals surface area contributed by atoms with Crippen molar-refractivity contribution >= 4 is 17.2 Å².